The van der Waals surface area contributed by atoms with Crippen molar-refractivity contribution in [1.29, 1.82) is 0 Å². The van der Waals surface area contributed by atoms with Gasteiger partial charge in [0.15, 0.2) is 0 Å². The van der Waals surface area contributed by atoms with Crippen LogP contribution in [0.4, 0.5) is 0 Å². The summed E-state index contributed by atoms with van der Waals surface area (Å²) < 4.78 is 5.67. The number of hydrogen-bond donors (Lipinski definition) is 1. The fourth-order valence-corrected chi connectivity index (χ4v) is 2.63. The summed E-state index contributed by atoms with van der Waals surface area (Å²) in [5.41, 5.74) is 9.48. The van der Waals surface area contributed by atoms with Crippen molar-refractivity contribution in [3.63, 3.8) is 0 Å². The van der Waals surface area contributed by atoms with Crippen LogP contribution in [-0.4, -0.2) is 11.6 Å². The fourth-order valence-electron chi connectivity index (χ4n) is 1.61. The first-order chi connectivity index (χ1) is 8.70. The van der Waals surface area contributed by atoms with Crippen LogP contribution in [0.15, 0.2) is 23.7 Å². The molecule has 18 heavy (non-hydrogen) atoms. The third-order valence-electron chi connectivity index (χ3n) is 2.66. The monoisotopic (exact) mass is 282 g/mol. The minimum atomic E-state index is 0.486. The first-order valence-corrected chi connectivity index (χ1v) is 6.96. The zero-order chi connectivity index (χ0) is 13.0. The summed E-state index contributed by atoms with van der Waals surface area (Å²) in [5, 5.41) is 0.610. The van der Waals surface area contributed by atoms with Crippen molar-refractivity contribution in [2.45, 2.75) is 19.9 Å². The maximum Gasteiger partial charge on any atom is 0.137 e. The molecule has 2 rings (SSSR count). The molecular formula is C13H15ClN2OS. The van der Waals surface area contributed by atoms with Crippen LogP contribution >= 0.6 is 22.9 Å². The van der Waals surface area contributed by atoms with E-state index in [2.05, 4.69) is 4.98 Å². The minimum absolute atomic E-state index is 0.486. The molecule has 0 saturated carbocycles. The highest BCUT2D eigenvalue weighted by Gasteiger charge is 2.05. The van der Waals surface area contributed by atoms with E-state index in [4.69, 9.17) is 22.1 Å². The van der Waals surface area contributed by atoms with Gasteiger partial charge >= 0.3 is 0 Å². The van der Waals surface area contributed by atoms with E-state index in [-0.39, 0.29) is 0 Å². The van der Waals surface area contributed by atoms with E-state index >= 15 is 0 Å². The first kappa shape index (κ1) is 13.3. The molecule has 2 aromatic rings. The number of hydrogen-bond acceptors (Lipinski definition) is 4. The van der Waals surface area contributed by atoms with Gasteiger partial charge in [-0.1, -0.05) is 17.7 Å². The number of halogens is 1. The van der Waals surface area contributed by atoms with Gasteiger partial charge in [0.25, 0.3) is 0 Å². The van der Waals surface area contributed by atoms with Crippen molar-refractivity contribution in [1.82, 2.24) is 4.98 Å². The molecule has 0 spiro atoms. The molecule has 1 aromatic heterocycles. The van der Waals surface area contributed by atoms with Crippen molar-refractivity contribution in [2.24, 2.45) is 5.73 Å². The number of nitrogens with two attached hydrogens (primary N) is 1. The lowest BCUT2D eigenvalue weighted by Crippen LogP contribution is -2.02. The van der Waals surface area contributed by atoms with E-state index in [0.29, 0.717) is 23.9 Å². The van der Waals surface area contributed by atoms with Crippen molar-refractivity contribution < 1.29 is 4.74 Å². The lowest BCUT2D eigenvalue weighted by atomic mass is 10.2. The highest BCUT2D eigenvalue weighted by atomic mass is 35.5. The Morgan fingerprint density at radius 1 is 1.44 bits per heavy atom. The Morgan fingerprint density at radius 2 is 2.28 bits per heavy atom. The number of aryl methyl sites for hydroxylation is 1. The second-order valence-corrected chi connectivity index (χ2v) is 5.27. The second kappa shape index (κ2) is 6.18. The molecule has 0 unspecified atom stereocenters. The molecule has 2 N–H and O–H groups in total. The number of thiazole rings is 1. The summed E-state index contributed by atoms with van der Waals surface area (Å²) in [6, 6.07) is 5.64. The Morgan fingerprint density at radius 3 is 2.89 bits per heavy atom. The van der Waals surface area contributed by atoms with Gasteiger partial charge in [-0.25, -0.2) is 4.98 Å². The van der Waals surface area contributed by atoms with E-state index in [0.717, 1.165) is 17.7 Å². The number of aromatic nitrogens is 1. The fraction of sp³-hybridized carbons (Fsp3) is 0.308. The molecule has 96 valence electrons. The van der Waals surface area contributed by atoms with E-state index in [1.807, 2.05) is 30.6 Å². The van der Waals surface area contributed by atoms with Gasteiger partial charge in [-0.3, -0.25) is 0 Å². The summed E-state index contributed by atoms with van der Waals surface area (Å²) >= 11 is 7.76. The predicted molar refractivity (Wildman–Crippen MR) is 75.4 cm³/mol. The SMILES string of the molecule is Cc1ncsc1CCOc1ccc(CN)cc1Cl. The molecule has 0 aliphatic rings. The molecule has 0 bridgehead atoms. The summed E-state index contributed by atoms with van der Waals surface area (Å²) in [6.45, 7) is 3.10. The Hall–Kier alpha value is -1.10. The molecule has 0 fully saturated rings. The van der Waals surface area contributed by atoms with Crippen molar-refractivity contribution in [3.8, 4) is 5.75 Å². The van der Waals surface area contributed by atoms with Crippen LogP contribution in [0.5, 0.6) is 5.75 Å². The van der Waals surface area contributed by atoms with Gasteiger partial charge in [0.1, 0.15) is 5.75 Å². The van der Waals surface area contributed by atoms with Crippen LogP contribution in [-0.2, 0) is 13.0 Å². The smallest absolute Gasteiger partial charge is 0.137 e. The maximum atomic E-state index is 6.11. The second-order valence-electron chi connectivity index (χ2n) is 3.93. The predicted octanol–water partition coefficient (Wildman–Crippen LogP) is 3.19. The topological polar surface area (TPSA) is 48.1 Å². The molecular weight excluding hydrogens is 268 g/mol. The molecule has 1 aromatic carbocycles. The van der Waals surface area contributed by atoms with Gasteiger partial charge in [-0.15, -0.1) is 11.3 Å². The van der Waals surface area contributed by atoms with Crippen LogP contribution in [0.1, 0.15) is 16.1 Å². The number of benzene rings is 1. The van der Waals surface area contributed by atoms with Gasteiger partial charge in [0.05, 0.1) is 22.8 Å². The molecule has 3 nitrogen and oxygen atoms in total. The highest BCUT2D eigenvalue weighted by molar-refractivity contribution is 7.09. The molecule has 1 heterocycles. The first-order valence-electron chi connectivity index (χ1n) is 5.71. The van der Waals surface area contributed by atoms with E-state index in [9.17, 15) is 0 Å². The molecule has 0 amide bonds. The third-order valence-corrected chi connectivity index (χ3v) is 3.95. The van der Waals surface area contributed by atoms with E-state index in [1.165, 1.54) is 4.88 Å². The Balaban J connectivity index is 1.92. The Labute approximate surface area is 116 Å². The molecule has 0 saturated heterocycles. The number of rotatable bonds is 5. The van der Waals surface area contributed by atoms with Crippen LogP contribution < -0.4 is 10.5 Å². The van der Waals surface area contributed by atoms with Crippen LogP contribution in [0.3, 0.4) is 0 Å². The van der Waals surface area contributed by atoms with E-state index < -0.39 is 0 Å². The summed E-state index contributed by atoms with van der Waals surface area (Å²) in [5.74, 6) is 0.705. The van der Waals surface area contributed by atoms with Crippen LogP contribution in [0.2, 0.25) is 5.02 Å². The molecule has 0 atom stereocenters. The van der Waals surface area contributed by atoms with Crippen LogP contribution in [0, 0.1) is 6.92 Å². The summed E-state index contributed by atoms with van der Waals surface area (Å²) in [4.78, 5) is 5.46. The normalized spacial score (nSPS) is 10.6. The number of nitrogens with zero attached hydrogens (tertiary/aromatic N) is 1. The Kier molecular flexibility index (Phi) is 4.58. The molecule has 5 heteroatoms. The largest absolute Gasteiger partial charge is 0.492 e. The number of ether oxygens (including phenoxy) is 1. The van der Waals surface area contributed by atoms with Gasteiger partial charge in [0, 0.05) is 17.8 Å². The summed E-state index contributed by atoms with van der Waals surface area (Å²) in [6.07, 6.45) is 0.853. The van der Waals surface area contributed by atoms with Crippen LogP contribution in [0.25, 0.3) is 0 Å². The highest BCUT2D eigenvalue weighted by Crippen LogP contribution is 2.25. The van der Waals surface area contributed by atoms with Crippen molar-refractivity contribution >= 4 is 22.9 Å². The lowest BCUT2D eigenvalue weighted by molar-refractivity contribution is 0.323. The van der Waals surface area contributed by atoms with Gasteiger partial charge in [-0.05, 0) is 24.6 Å². The lowest BCUT2D eigenvalue weighted by Gasteiger charge is -2.08. The quantitative estimate of drug-likeness (QED) is 0.916. The zero-order valence-corrected chi connectivity index (χ0v) is 11.7. The van der Waals surface area contributed by atoms with Gasteiger partial charge in [-0.2, -0.15) is 0 Å². The molecule has 0 aliphatic carbocycles. The zero-order valence-electron chi connectivity index (χ0n) is 10.1. The Bertz CT molecular complexity index is 527. The maximum absolute atomic E-state index is 6.11. The molecule has 0 aliphatic heterocycles. The molecule has 0 radical (unpaired) electrons. The van der Waals surface area contributed by atoms with E-state index in [1.54, 1.807) is 11.3 Å². The minimum Gasteiger partial charge on any atom is -0.492 e. The standard InChI is InChI=1S/C13H15ClN2OS/c1-9-13(18-8-16-9)4-5-17-12-3-2-10(7-15)6-11(12)14/h2-3,6,8H,4-5,7,15H2,1H3. The third kappa shape index (κ3) is 3.22. The average Bonchev–Trinajstić information content (AvgIpc) is 2.77. The van der Waals surface area contributed by atoms with Gasteiger partial charge < -0.3 is 10.5 Å². The van der Waals surface area contributed by atoms with Crippen molar-refractivity contribution in [2.75, 3.05) is 6.61 Å². The van der Waals surface area contributed by atoms with Gasteiger partial charge in [0.2, 0.25) is 0 Å². The summed E-state index contributed by atoms with van der Waals surface area (Å²) in [7, 11) is 0. The average molecular weight is 283 g/mol. The van der Waals surface area contributed by atoms with Crippen molar-refractivity contribution in [3.05, 3.63) is 44.9 Å².